The number of halogens is 1. The number of anilines is 1. The van der Waals surface area contributed by atoms with Crippen molar-refractivity contribution in [2.24, 2.45) is 0 Å². The molecule has 4 aromatic rings. The van der Waals surface area contributed by atoms with Gasteiger partial charge in [-0.3, -0.25) is 4.79 Å². The van der Waals surface area contributed by atoms with Gasteiger partial charge in [0.15, 0.2) is 0 Å². The molecule has 0 aliphatic carbocycles. The van der Waals surface area contributed by atoms with Crippen LogP contribution in [0.3, 0.4) is 0 Å². The van der Waals surface area contributed by atoms with E-state index in [0.717, 1.165) is 23.2 Å². The van der Waals surface area contributed by atoms with Crippen molar-refractivity contribution in [2.45, 2.75) is 33.1 Å². The second-order valence-electron chi connectivity index (χ2n) is 7.38. The van der Waals surface area contributed by atoms with Gasteiger partial charge in [0.25, 0.3) is 5.91 Å². The minimum Gasteiger partial charge on any atom is -0.322 e. The van der Waals surface area contributed by atoms with Crippen molar-refractivity contribution in [2.75, 3.05) is 5.32 Å². The molecule has 3 aromatic carbocycles. The Hall–Kier alpha value is -3.54. The fourth-order valence-corrected chi connectivity index (χ4v) is 3.32. The molecule has 0 radical (unpaired) electrons. The van der Waals surface area contributed by atoms with Gasteiger partial charge < -0.3 is 5.32 Å². The normalized spacial score (nSPS) is 11.0. The Morgan fingerprint density at radius 2 is 1.77 bits per heavy atom. The first kappa shape index (κ1) is 19.8. The van der Waals surface area contributed by atoms with Gasteiger partial charge in [-0.05, 0) is 73.4 Å². The van der Waals surface area contributed by atoms with Crippen LogP contribution in [0.15, 0.2) is 60.7 Å². The van der Waals surface area contributed by atoms with Crippen LogP contribution in [-0.2, 0) is 6.42 Å². The summed E-state index contributed by atoms with van der Waals surface area (Å²) in [6.07, 6.45) is 3.41. The number of unbranched alkanes of at least 4 members (excludes halogenated alkanes) is 1. The molecule has 1 aromatic heterocycles. The van der Waals surface area contributed by atoms with E-state index in [-0.39, 0.29) is 11.5 Å². The summed E-state index contributed by atoms with van der Waals surface area (Å²) < 4.78 is 13.4. The number of rotatable bonds is 6. The molecule has 5 nitrogen and oxygen atoms in total. The minimum absolute atomic E-state index is 0.265. The van der Waals surface area contributed by atoms with Gasteiger partial charge in [0.05, 0.1) is 5.69 Å². The Morgan fingerprint density at radius 1 is 1.03 bits per heavy atom. The maximum atomic E-state index is 13.4. The molecule has 1 amide bonds. The largest absolute Gasteiger partial charge is 0.322 e. The van der Waals surface area contributed by atoms with E-state index in [1.54, 1.807) is 16.9 Å². The van der Waals surface area contributed by atoms with E-state index >= 15 is 0 Å². The van der Waals surface area contributed by atoms with Gasteiger partial charge in [0.2, 0.25) is 0 Å². The quantitative estimate of drug-likeness (QED) is 0.466. The molecule has 0 aliphatic rings. The lowest BCUT2D eigenvalue weighted by molar-refractivity contribution is 0.102. The molecule has 0 atom stereocenters. The molecular weight excluding hydrogens is 379 g/mol. The van der Waals surface area contributed by atoms with Crippen LogP contribution in [0.4, 0.5) is 10.1 Å². The standard InChI is InChI=1S/C24H23FN4O/c1-3-4-6-17-9-11-20(12-10-17)29-27-22-13-16(2)21(15-23(22)28-29)26-24(30)18-7-5-8-19(25)14-18/h5,7-15H,3-4,6H2,1-2H3,(H,26,30). The van der Waals surface area contributed by atoms with Gasteiger partial charge in [0, 0.05) is 11.3 Å². The maximum absolute atomic E-state index is 13.4. The number of aryl methyl sites for hydroxylation is 2. The van der Waals surface area contributed by atoms with E-state index in [1.165, 1.54) is 36.6 Å². The lowest BCUT2D eigenvalue weighted by atomic mass is 10.1. The number of carbonyl (C=O) groups is 1. The van der Waals surface area contributed by atoms with Crippen LogP contribution in [0.25, 0.3) is 16.7 Å². The van der Waals surface area contributed by atoms with Gasteiger partial charge in [-0.15, -0.1) is 10.2 Å². The van der Waals surface area contributed by atoms with Crippen molar-refractivity contribution in [3.05, 3.63) is 83.2 Å². The number of fused-ring (bicyclic) bond motifs is 1. The van der Waals surface area contributed by atoms with E-state index in [2.05, 4.69) is 34.6 Å². The van der Waals surface area contributed by atoms with Crippen molar-refractivity contribution < 1.29 is 9.18 Å². The number of nitrogens with zero attached hydrogens (tertiary/aromatic N) is 3. The number of nitrogens with one attached hydrogen (secondary N) is 1. The molecule has 152 valence electrons. The zero-order valence-electron chi connectivity index (χ0n) is 17.0. The fourth-order valence-electron chi connectivity index (χ4n) is 3.32. The van der Waals surface area contributed by atoms with Gasteiger partial charge in [-0.1, -0.05) is 31.5 Å². The number of amides is 1. The highest BCUT2D eigenvalue weighted by molar-refractivity contribution is 6.05. The topological polar surface area (TPSA) is 59.8 Å². The Labute approximate surface area is 174 Å². The Balaban J connectivity index is 1.59. The molecule has 30 heavy (non-hydrogen) atoms. The highest BCUT2D eigenvalue weighted by atomic mass is 19.1. The molecule has 0 saturated heterocycles. The third kappa shape index (κ3) is 4.22. The zero-order valence-corrected chi connectivity index (χ0v) is 17.0. The third-order valence-corrected chi connectivity index (χ3v) is 5.05. The lowest BCUT2D eigenvalue weighted by Gasteiger charge is -2.08. The Morgan fingerprint density at radius 3 is 2.47 bits per heavy atom. The molecule has 0 unspecified atom stereocenters. The second kappa shape index (κ2) is 8.45. The summed E-state index contributed by atoms with van der Waals surface area (Å²) in [6.45, 7) is 4.08. The molecule has 1 heterocycles. The first-order chi connectivity index (χ1) is 14.5. The highest BCUT2D eigenvalue weighted by Crippen LogP contribution is 2.23. The third-order valence-electron chi connectivity index (χ3n) is 5.05. The van der Waals surface area contributed by atoms with Crippen LogP contribution >= 0.6 is 0 Å². The summed E-state index contributed by atoms with van der Waals surface area (Å²) in [5, 5.41) is 12.0. The summed E-state index contributed by atoms with van der Waals surface area (Å²) >= 11 is 0. The van der Waals surface area contributed by atoms with Crippen LogP contribution in [0.1, 0.15) is 41.3 Å². The van der Waals surface area contributed by atoms with E-state index in [4.69, 9.17) is 0 Å². The molecule has 4 rings (SSSR count). The predicted octanol–water partition coefficient (Wildman–Crippen LogP) is 5.46. The highest BCUT2D eigenvalue weighted by Gasteiger charge is 2.12. The van der Waals surface area contributed by atoms with Crippen molar-refractivity contribution >= 4 is 22.6 Å². The molecule has 0 fully saturated rings. The molecule has 1 N–H and O–H groups in total. The number of aromatic nitrogens is 3. The molecule has 0 bridgehead atoms. The number of hydrogen-bond acceptors (Lipinski definition) is 3. The van der Waals surface area contributed by atoms with E-state index in [0.29, 0.717) is 11.2 Å². The lowest BCUT2D eigenvalue weighted by Crippen LogP contribution is -2.12. The molecule has 0 aliphatic heterocycles. The van der Waals surface area contributed by atoms with Crippen LogP contribution in [0.2, 0.25) is 0 Å². The Bertz CT molecular complexity index is 1200. The van der Waals surface area contributed by atoms with Crippen molar-refractivity contribution in [3.8, 4) is 5.69 Å². The molecule has 0 spiro atoms. The van der Waals surface area contributed by atoms with Crippen molar-refractivity contribution in [1.29, 1.82) is 0 Å². The summed E-state index contributed by atoms with van der Waals surface area (Å²) in [5.74, 6) is -0.814. The van der Waals surface area contributed by atoms with Crippen molar-refractivity contribution in [3.63, 3.8) is 0 Å². The van der Waals surface area contributed by atoms with E-state index < -0.39 is 5.82 Å². The van der Waals surface area contributed by atoms with Crippen LogP contribution in [0.5, 0.6) is 0 Å². The predicted molar refractivity (Wildman–Crippen MR) is 117 cm³/mol. The fraction of sp³-hybridized carbons (Fsp3) is 0.208. The first-order valence-corrected chi connectivity index (χ1v) is 10.1. The zero-order chi connectivity index (χ0) is 21.1. The molecule has 6 heteroatoms. The summed E-state index contributed by atoms with van der Waals surface area (Å²) in [5.41, 5.74) is 5.34. The first-order valence-electron chi connectivity index (χ1n) is 10.1. The average molecular weight is 402 g/mol. The summed E-state index contributed by atoms with van der Waals surface area (Å²) in [4.78, 5) is 14.1. The van der Waals surface area contributed by atoms with E-state index in [1.807, 2.05) is 25.1 Å². The summed E-state index contributed by atoms with van der Waals surface area (Å²) in [7, 11) is 0. The van der Waals surface area contributed by atoms with Crippen LogP contribution < -0.4 is 5.32 Å². The van der Waals surface area contributed by atoms with Gasteiger partial charge in [0.1, 0.15) is 16.9 Å². The smallest absolute Gasteiger partial charge is 0.255 e. The van der Waals surface area contributed by atoms with E-state index in [9.17, 15) is 9.18 Å². The van der Waals surface area contributed by atoms with Crippen molar-refractivity contribution in [1.82, 2.24) is 15.0 Å². The summed E-state index contributed by atoms with van der Waals surface area (Å²) in [6, 6.07) is 17.5. The average Bonchev–Trinajstić information content (AvgIpc) is 3.15. The van der Waals surface area contributed by atoms with Gasteiger partial charge >= 0.3 is 0 Å². The van der Waals surface area contributed by atoms with Gasteiger partial charge in [-0.2, -0.15) is 4.80 Å². The number of benzene rings is 3. The minimum atomic E-state index is -0.446. The maximum Gasteiger partial charge on any atom is 0.255 e. The van der Waals surface area contributed by atoms with Gasteiger partial charge in [-0.25, -0.2) is 4.39 Å². The number of hydrogen-bond donors (Lipinski definition) is 1. The second-order valence-corrected chi connectivity index (χ2v) is 7.38. The van der Waals surface area contributed by atoms with Crippen LogP contribution in [0, 0.1) is 12.7 Å². The Kier molecular flexibility index (Phi) is 5.57. The van der Waals surface area contributed by atoms with Crippen LogP contribution in [-0.4, -0.2) is 20.9 Å². The molecular formula is C24H23FN4O. The monoisotopic (exact) mass is 402 g/mol. The number of carbonyl (C=O) groups excluding carboxylic acids is 1. The molecule has 0 saturated carbocycles. The SMILES string of the molecule is CCCCc1ccc(-n2nc3cc(C)c(NC(=O)c4cccc(F)c4)cc3n2)cc1.